The Balaban J connectivity index is 1.77. The number of rotatable bonds is 2. The van der Waals surface area contributed by atoms with Gasteiger partial charge in [-0.05, 0) is 37.9 Å². The van der Waals surface area contributed by atoms with Gasteiger partial charge in [0.25, 0.3) is 0 Å². The van der Waals surface area contributed by atoms with Crippen molar-refractivity contribution in [1.29, 1.82) is 0 Å². The van der Waals surface area contributed by atoms with Crippen LogP contribution in [0.5, 0.6) is 0 Å². The van der Waals surface area contributed by atoms with Crippen molar-refractivity contribution in [2.45, 2.75) is 25.2 Å². The van der Waals surface area contributed by atoms with Crippen LogP contribution in [0.3, 0.4) is 0 Å². The summed E-state index contributed by atoms with van der Waals surface area (Å²) < 4.78 is 0. The molecule has 0 radical (unpaired) electrons. The van der Waals surface area contributed by atoms with Crippen LogP contribution >= 0.6 is 0 Å². The van der Waals surface area contributed by atoms with Crippen molar-refractivity contribution >= 4 is 5.91 Å². The summed E-state index contributed by atoms with van der Waals surface area (Å²) >= 11 is 0. The summed E-state index contributed by atoms with van der Waals surface area (Å²) in [6, 6.07) is 4.07. The van der Waals surface area contributed by atoms with Gasteiger partial charge < -0.3 is 9.80 Å². The van der Waals surface area contributed by atoms with Crippen LogP contribution in [0.15, 0.2) is 24.5 Å². The molecule has 0 aromatic carbocycles. The van der Waals surface area contributed by atoms with Crippen LogP contribution in [0.2, 0.25) is 0 Å². The van der Waals surface area contributed by atoms with Gasteiger partial charge in [-0.2, -0.15) is 0 Å². The number of aromatic nitrogens is 1. The third kappa shape index (κ3) is 2.70. The van der Waals surface area contributed by atoms with E-state index in [0.717, 1.165) is 39.0 Å². The molecule has 108 valence electrons. The van der Waals surface area contributed by atoms with Crippen molar-refractivity contribution in [2.75, 3.05) is 33.2 Å². The van der Waals surface area contributed by atoms with Gasteiger partial charge in [-0.1, -0.05) is 6.07 Å². The molecule has 2 aliphatic rings. The number of pyridine rings is 1. The minimum atomic E-state index is 0.0994. The van der Waals surface area contributed by atoms with Gasteiger partial charge in [0.15, 0.2) is 0 Å². The quantitative estimate of drug-likeness (QED) is 0.823. The van der Waals surface area contributed by atoms with Crippen LogP contribution in [0.4, 0.5) is 0 Å². The molecule has 1 amide bonds. The fraction of sp³-hybridized carbons (Fsp3) is 0.625. The molecule has 4 nitrogen and oxygen atoms in total. The summed E-state index contributed by atoms with van der Waals surface area (Å²) in [5.74, 6) is 0.744. The average molecular weight is 273 g/mol. The molecule has 20 heavy (non-hydrogen) atoms. The predicted octanol–water partition coefficient (Wildman–Crippen LogP) is 1.74. The Morgan fingerprint density at radius 3 is 2.75 bits per heavy atom. The van der Waals surface area contributed by atoms with E-state index in [0.29, 0.717) is 11.8 Å². The molecule has 2 fully saturated rings. The smallest absolute Gasteiger partial charge is 0.227 e. The van der Waals surface area contributed by atoms with E-state index in [1.165, 1.54) is 12.0 Å². The third-order valence-electron chi connectivity index (χ3n) is 4.60. The lowest BCUT2D eigenvalue weighted by molar-refractivity contribution is -0.136. The Labute approximate surface area is 120 Å². The Morgan fingerprint density at radius 2 is 2.05 bits per heavy atom. The number of hydrogen-bond acceptors (Lipinski definition) is 3. The number of carbonyl (C=O) groups excluding carboxylic acids is 1. The van der Waals surface area contributed by atoms with Crippen LogP contribution in [0.25, 0.3) is 0 Å². The molecule has 0 unspecified atom stereocenters. The third-order valence-corrected chi connectivity index (χ3v) is 4.60. The van der Waals surface area contributed by atoms with Crippen LogP contribution < -0.4 is 0 Å². The van der Waals surface area contributed by atoms with Gasteiger partial charge in [0.2, 0.25) is 5.91 Å². The van der Waals surface area contributed by atoms with Crippen molar-refractivity contribution < 1.29 is 4.79 Å². The molecule has 1 aromatic rings. The summed E-state index contributed by atoms with van der Waals surface area (Å²) in [6.07, 6.45) is 7.29. The molecule has 0 saturated carbocycles. The maximum absolute atomic E-state index is 12.8. The first-order valence-electron chi connectivity index (χ1n) is 7.63. The van der Waals surface area contributed by atoms with Gasteiger partial charge in [0, 0.05) is 44.5 Å². The lowest BCUT2D eigenvalue weighted by Gasteiger charge is -2.31. The summed E-state index contributed by atoms with van der Waals surface area (Å²) in [6.45, 7) is 3.71. The molecule has 3 heterocycles. The van der Waals surface area contributed by atoms with Gasteiger partial charge in [-0.3, -0.25) is 9.78 Å². The van der Waals surface area contributed by atoms with Crippen LogP contribution in [0, 0.1) is 5.92 Å². The molecule has 0 N–H and O–H groups in total. The maximum atomic E-state index is 12.8. The highest BCUT2D eigenvalue weighted by molar-refractivity contribution is 5.80. The Kier molecular flexibility index (Phi) is 4.01. The minimum absolute atomic E-state index is 0.0994. The van der Waals surface area contributed by atoms with E-state index in [1.807, 2.05) is 12.3 Å². The van der Waals surface area contributed by atoms with Crippen molar-refractivity contribution in [3.63, 3.8) is 0 Å². The van der Waals surface area contributed by atoms with E-state index >= 15 is 0 Å². The second-order valence-corrected chi connectivity index (χ2v) is 6.11. The monoisotopic (exact) mass is 273 g/mol. The number of likely N-dealkylation sites (tertiary alicyclic amines) is 2. The lowest BCUT2D eigenvalue weighted by Crippen LogP contribution is -2.41. The SMILES string of the molecule is CN1C[C@@H](C(=O)N2CCCCC2)[C@H](c2cccnc2)C1. The average Bonchev–Trinajstić information content (AvgIpc) is 2.90. The Morgan fingerprint density at radius 1 is 1.25 bits per heavy atom. The highest BCUT2D eigenvalue weighted by Crippen LogP contribution is 2.33. The first-order chi connectivity index (χ1) is 9.75. The zero-order valence-corrected chi connectivity index (χ0v) is 12.2. The van der Waals surface area contributed by atoms with Gasteiger partial charge in [0.1, 0.15) is 0 Å². The predicted molar refractivity (Wildman–Crippen MR) is 78.4 cm³/mol. The van der Waals surface area contributed by atoms with Crippen molar-refractivity contribution in [3.05, 3.63) is 30.1 Å². The largest absolute Gasteiger partial charge is 0.342 e. The topological polar surface area (TPSA) is 36.4 Å². The number of likely N-dealkylation sites (N-methyl/N-ethyl adjacent to an activating group) is 1. The molecule has 2 atom stereocenters. The maximum Gasteiger partial charge on any atom is 0.227 e. The van der Waals surface area contributed by atoms with Crippen LogP contribution in [-0.4, -0.2) is 53.9 Å². The minimum Gasteiger partial charge on any atom is -0.342 e. The molecule has 3 rings (SSSR count). The first kappa shape index (κ1) is 13.6. The van der Waals surface area contributed by atoms with E-state index in [-0.39, 0.29) is 5.92 Å². The number of hydrogen-bond donors (Lipinski definition) is 0. The van der Waals surface area contributed by atoms with Gasteiger partial charge in [-0.15, -0.1) is 0 Å². The second-order valence-electron chi connectivity index (χ2n) is 6.11. The number of piperidine rings is 1. The normalized spacial score (nSPS) is 27.8. The molecule has 4 heteroatoms. The van der Waals surface area contributed by atoms with Gasteiger partial charge in [-0.25, -0.2) is 0 Å². The molecule has 2 saturated heterocycles. The fourth-order valence-electron chi connectivity index (χ4n) is 3.53. The van der Waals surface area contributed by atoms with Gasteiger partial charge >= 0.3 is 0 Å². The first-order valence-corrected chi connectivity index (χ1v) is 7.63. The number of amides is 1. The summed E-state index contributed by atoms with van der Waals surface area (Å²) in [5.41, 5.74) is 1.20. The highest BCUT2D eigenvalue weighted by Gasteiger charge is 2.39. The summed E-state index contributed by atoms with van der Waals surface area (Å²) in [5, 5.41) is 0. The van der Waals surface area contributed by atoms with E-state index in [9.17, 15) is 4.79 Å². The second kappa shape index (κ2) is 5.92. The highest BCUT2D eigenvalue weighted by atomic mass is 16.2. The van der Waals surface area contributed by atoms with Crippen molar-refractivity contribution in [1.82, 2.24) is 14.8 Å². The number of carbonyl (C=O) groups is 1. The van der Waals surface area contributed by atoms with Crippen LogP contribution in [0.1, 0.15) is 30.7 Å². The number of nitrogens with zero attached hydrogens (tertiary/aromatic N) is 3. The van der Waals surface area contributed by atoms with Gasteiger partial charge in [0.05, 0.1) is 5.92 Å². The summed E-state index contributed by atoms with van der Waals surface area (Å²) in [4.78, 5) is 21.4. The van der Waals surface area contributed by atoms with E-state index < -0.39 is 0 Å². The van der Waals surface area contributed by atoms with E-state index in [1.54, 1.807) is 6.20 Å². The molecule has 2 aliphatic heterocycles. The van der Waals surface area contributed by atoms with Crippen molar-refractivity contribution in [3.8, 4) is 0 Å². The molecular weight excluding hydrogens is 250 g/mol. The van der Waals surface area contributed by atoms with Crippen LogP contribution in [-0.2, 0) is 4.79 Å². The standard InChI is InChI=1S/C16H23N3O/c1-18-11-14(13-6-5-7-17-10-13)15(12-18)16(20)19-8-3-2-4-9-19/h5-7,10,14-15H,2-4,8-9,11-12H2,1H3/t14-,15+/m0/s1. The summed E-state index contributed by atoms with van der Waals surface area (Å²) in [7, 11) is 2.10. The molecule has 1 aromatic heterocycles. The molecular formula is C16H23N3O. The zero-order chi connectivity index (χ0) is 13.9. The Bertz CT molecular complexity index is 456. The molecule has 0 aliphatic carbocycles. The van der Waals surface area contributed by atoms with E-state index in [4.69, 9.17) is 0 Å². The molecule has 0 bridgehead atoms. The lowest BCUT2D eigenvalue weighted by atomic mass is 9.88. The van der Waals surface area contributed by atoms with E-state index in [2.05, 4.69) is 27.9 Å². The Hall–Kier alpha value is -1.42. The fourth-order valence-corrected chi connectivity index (χ4v) is 3.53. The molecule has 0 spiro atoms. The zero-order valence-electron chi connectivity index (χ0n) is 12.2. The van der Waals surface area contributed by atoms with Crippen molar-refractivity contribution in [2.24, 2.45) is 5.92 Å².